The van der Waals surface area contributed by atoms with E-state index in [1.54, 1.807) is 7.11 Å². The summed E-state index contributed by atoms with van der Waals surface area (Å²) in [7, 11) is -1.86. The normalized spacial score (nSPS) is 18.6. The van der Waals surface area contributed by atoms with Crippen LogP contribution in [0.3, 0.4) is 0 Å². The molecule has 1 aliphatic heterocycles. The average molecular weight is 294 g/mol. The largest absolute Gasteiger partial charge is 0.481 e. The van der Waals surface area contributed by atoms with Gasteiger partial charge in [-0.05, 0) is 25.7 Å². The molecule has 0 atom stereocenters. The Morgan fingerprint density at radius 2 is 2.00 bits per heavy atom. The molecule has 0 aromatic rings. The van der Waals surface area contributed by atoms with E-state index in [-0.39, 0.29) is 13.1 Å². The Bertz CT molecular complexity index is 377. The standard InChI is InChI=1S/C11H22N2O5S/c1-18-9-3-2-6-12-19(16,17)13-7-4-10(5-8-13)11(14)15/h10,12H,2-9H2,1H3,(H,14,15). The third-order valence-corrected chi connectivity index (χ3v) is 4.82. The van der Waals surface area contributed by atoms with Crippen molar-refractivity contribution in [2.24, 2.45) is 5.92 Å². The number of hydrogen-bond donors (Lipinski definition) is 2. The minimum Gasteiger partial charge on any atom is -0.481 e. The second-order valence-electron chi connectivity index (χ2n) is 4.61. The first kappa shape index (κ1) is 16.4. The van der Waals surface area contributed by atoms with E-state index in [0.717, 1.165) is 12.8 Å². The lowest BCUT2D eigenvalue weighted by Crippen LogP contribution is -2.46. The number of carboxylic acids is 1. The van der Waals surface area contributed by atoms with E-state index >= 15 is 0 Å². The van der Waals surface area contributed by atoms with Gasteiger partial charge in [0, 0.05) is 33.4 Å². The maximum Gasteiger partial charge on any atom is 0.306 e. The van der Waals surface area contributed by atoms with Crippen LogP contribution in [-0.4, -0.2) is 57.1 Å². The fraction of sp³-hybridized carbons (Fsp3) is 0.909. The molecule has 0 amide bonds. The third-order valence-electron chi connectivity index (χ3n) is 3.20. The number of methoxy groups -OCH3 is 1. The highest BCUT2D eigenvalue weighted by atomic mass is 32.2. The lowest BCUT2D eigenvalue weighted by atomic mass is 9.99. The first-order valence-corrected chi connectivity index (χ1v) is 7.88. The summed E-state index contributed by atoms with van der Waals surface area (Å²) >= 11 is 0. The minimum absolute atomic E-state index is 0.268. The summed E-state index contributed by atoms with van der Waals surface area (Å²) < 4.78 is 32.6. The molecule has 2 N–H and O–H groups in total. The average Bonchev–Trinajstić information content (AvgIpc) is 2.38. The summed E-state index contributed by atoms with van der Waals surface area (Å²) in [4.78, 5) is 10.8. The van der Waals surface area contributed by atoms with Crippen LogP contribution in [0.2, 0.25) is 0 Å². The second-order valence-corrected chi connectivity index (χ2v) is 6.37. The summed E-state index contributed by atoms with van der Waals surface area (Å²) in [5, 5.41) is 8.86. The van der Waals surface area contributed by atoms with Crippen molar-refractivity contribution in [3.63, 3.8) is 0 Å². The number of nitrogens with one attached hydrogen (secondary N) is 1. The molecule has 0 saturated carbocycles. The van der Waals surface area contributed by atoms with Gasteiger partial charge in [-0.2, -0.15) is 12.7 Å². The molecule has 0 radical (unpaired) electrons. The van der Waals surface area contributed by atoms with Gasteiger partial charge in [-0.25, -0.2) is 4.72 Å². The molecule has 0 spiro atoms. The molecule has 0 aromatic carbocycles. The van der Waals surface area contributed by atoms with Crippen LogP contribution in [0.15, 0.2) is 0 Å². The molecule has 1 aliphatic rings. The zero-order valence-corrected chi connectivity index (χ0v) is 12.0. The van der Waals surface area contributed by atoms with Gasteiger partial charge in [0.25, 0.3) is 10.2 Å². The number of hydrogen-bond acceptors (Lipinski definition) is 4. The number of unbranched alkanes of at least 4 members (excludes halogenated alkanes) is 1. The molecule has 19 heavy (non-hydrogen) atoms. The summed E-state index contributed by atoms with van der Waals surface area (Å²) in [5.74, 6) is -1.27. The van der Waals surface area contributed by atoms with Crippen molar-refractivity contribution in [2.45, 2.75) is 25.7 Å². The maximum atomic E-state index is 11.9. The summed E-state index contributed by atoms with van der Waals surface area (Å²) in [6, 6.07) is 0. The number of carbonyl (C=O) groups is 1. The monoisotopic (exact) mass is 294 g/mol. The summed E-state index contributed by atoms with van der Waals surface area (Å²) in [6.45, 7) is 1.53. The van der Waals surface area contributed by atoms with Crippen LogP contribution in [0.5, 0.6) is 0 Å². The first-order chi connectivity index (χ1) is 8.97. The summed E-state index contributed by atoms with van der Waals surface area (Å²) in [6.07, 6.45) is 2.28. The molecule has 0 aromatic heterocycles. The van der Waals surface area contributed by atoms with E-state index in [2.05, 4.69) is 4.72 Å². The lowest BCUT2D eigenvalue weighted by molar-refractivity contribution is -0.142. The lowest BCUT2D eigenvalue weighted by Gasteiger charge is -2.29. The SMILES string of the molecule is COCCCCNS(=O)(=O)N1CCC(C(=O)O)CC1. The van der Waals surface area contributed by atoms with Gasteiger partial charge in [-0.3, -0.25) is 4.79 Å². The second kappa shape index (κ2) is 7.78. The molecule has 112 valence electrons. The zero-order valence-electron chi connectivity index (χ0n) is 11.2. The predicted octanol–water partition coefficient (Wildman–Crippen LogP) is 0.0440. The van der Waals surface area contributed by atoms with E-state index in [0.29, 0.717) is 26.0 Å². The van der Waals surface area contributed by atoms with E-state index in [9.17, 15) is 13.2 Å². The zero-order chi connectivity index (χ0) is 14.3. The molecule has 0 bridgehead atoms. The van der Waals surface area contributed by atoms with E-state index in [1.165, 1.54) is 4.31 Å². The van der Waals surface area contributed by atoms with E-state index in [1.807, 2.05) is 0 Å². The number of piperidine rings is 1. The quantitative estimate of drug-likeness (QED) is 0.616. The highest BCUT2D eigenvalue weighted by Crippen LogP contribution is 2.19. The van der Waals surface area contributed by atoms with Crippen molar-refractivity contribution in [3.05, 3.63) is 0 Å². The van der Waals surface area contributed by atoms with Crippen LogP contribution in [0, 0.1) is 5.92 Å². The Labute approximate surface area is 114 Å². The van der Waals surface area contributed by atoms with Crippen molar-refractivity contribution in [1.82, 2.24) is 9.03 Å². The Morgan fingerprint density at radius 1 is 1.37 bits per heavy atom. The maximum absolute atomic E-state index is 11.9. The molecule has 0 unspecified atom stereocenters. The van der Waals surface area contributed by atoms with Crippen molar-refractivity contribution in [1.29, 1.82) is 0 Å². The predicted molar refractivity (Wildman–Crippen MR) is 70.0 cm³/mol. The summed E-state index contributed by atoms with van der Waals surface area (Å²) in [5.41, 5.74) is 0. The van der Waals surface area contributed by atoms with Crippen molar-refractivity contribution < 1.29 is 23.1 Å². The van der Waals surface area contributed by atoms with Gasteiger partial charge >= 0.3 is 5.97 Å². The van der Waals surface area contributed by atoms with Crippen LogP contribution in [-0.2, 0) is 19.7 Å². The third kappa shape index (κ3) is 5.43. The van der Waals surface area contributed by atoms with Gasteiger partial charge in [-0.15, -0.1) is 0 Å². The highest BCUT2D eigenvalue weighted by Gasteiger charge is 2.30. The van der Waals surface area contributed by atoms with Crippen molar-refractivity contribution >= 4 is 16.2 Å². The van der Waals surface area contributed by atoms with E-state index < -0.39 is 22.1 Å². The molecule has 1 saturated heterocycles. The smallest absolute Gasteiger partial charge is 0.306 e. The molecular formula is C11H22N2O5S. The van der Waals surface area contributed by atoms with Crippen LogP contribution in [0.1, 0.15) is 25.7 Å². The van der Waals surface area contributed by atoms with Gasteiger partial charge in [0.1, 0.15) is 0 Å². The number of carboxylic acid groups (broad SMARTS) is 1. The highest BCUT2D eigenvalue weighted by molar-refractivity contribution is 7.87. The fourth-order valence-corrected chi connectivity index (χ4v) is 3.28. The number of nitrogens with zero attached hydrogens (tertiary/aromatic N) is 1. The topological polar surface area (TPSA) is 95.9 Å². The number of aliphatic carboxylic acids is 1. The van der Waals surface area contributed by atoms with Crippen LogP contribution in [0.25, 0.3) is 0 Å². The molecule has 1 fully saturated rings. The molecule has 7 nitrogen and oxygen atoms in total. The van der Waals surface area contributed by atoms with Gasteiger partial charge in [0.05, 0.1) is 5.92 Å². The number of ether oxygens (including phenoxy) is 1. The van der Waals surface area contributed by atoms with Crippen molar-refractivity contribution in [3.8, 4) is 0 Å². The fourth-order valence-electron chi connectivity index (χ4n) is 2.01. The molecule has 1 rings (SSSR count). The first-order valence-electron chi connectivity index (χ1n) is 6.44. The van der Waals surface area contributed by atoms with E-state index in [4.69, 9.17) is 9.84 Å². The Morgan fingerprint density at radius 3 is 2.53 bits per heavy atom. The Balaban J connectivity index is 2.32. The van der Waals surface area contributed by atoms with Crippen LogP contribution < -0.4 is 4.72 Å². The van der Waals surface area contributed by atoms with Crippen LogP contribution >= 0.6 is 0 Å². The van der Waals surface area contributed by atoms with Crippen molar-refractivity contribution in [2.75, 3.05) is 33.4 Å². The molecule has 1 heterocycles. The van der Waals surface area contributed by atoms with Crippen LogP contribution in [0.4, 0.5) is 0 Å². The number of rotatable bonds is 8. The Hall–Kier alpha value is -0.700. The van der Waals surface area contributed by atoms with Gasteiger partial charge in [0.2, 0.25) is 0 Å². The van der Waals surface area contributed by atoms with Gasteiger partial charge in [-0.1, -0.05) is 0 Å². The molecule has 0 aliphatic carbocycles. The van der Waals surface area contributed by atoms with Gasteiger partial charge in [0.15, 0.2) is 0 Å². The molecular weight excluding hydrogens is 272 g/mol. The molecule has 8 heteroatoms. The minimum atomic E-state index is -3.47. The van der Waals surface area contributed by atoms with Gasteiger partial charge < -0.3 is 9.84 Å². The Kier molecular flexibility index (Phi) is 6.70.